The number of likely N-dealkylation sites (tertiary alicyclic amines) is 1. The highest BCUT2D eigenvalue weighted by molar-refractivity contribution is 5.77. The van der Waals surface area contributed by atoms with Gasteiger partial charge in [-0.3, -0.25) is 4.79 Å². The van der Waals surface area contributed by atoms with Crippen LogP contribution >= 0.6 is 0 Å². The van der Waals surface area contributed by atoms with E-state index in [1.165, 1.54) is 11.3 Å². The molecule has 0 radical (unpaired) electrons. The highest BCUT2D eigenvalue weighted by Crippen LogP contribution is 2.38. The third-order valence-corrected chi connectivity index (χ3v) is 4.80. The summed E-state index contributed by atoms with van der Waals surface area (Å²) in [5, 5.41) is 9.58. The van der Waals surface area contributed by atoms with Gasteiger partial charge in [0.1, 0.15) is 6.61 Å². The Morgan fingerprint density at radius 1 is 1.32 bits per heavy atom. The lowest BCUT2D eigenvalue weighted by molar-refractivity contribution is -0.272. The Balaban J connectivity index is 1.76. The lowest BCUT2D eigenvalue weighted by Gasteiger charge is -2.39. The lowest BCUT2D eigenvalue weighted by atomic mass is 9.89. The van der Waals surface area contributed by atoms with Gasteiger partial charge in [-0.15, -0.1) is 0 Å². The first kappa shape index (κ1) is 17.5. The highest BCUT2D eigenvalue weighted by atomic mass is 19.4. The summed E-state index contributed by atoms with van der Waals surface area (Å²) in [4.78, 5) is 13.4. The maximum atomic E-state index is 12.7. The third kappa shape index (κ3) is 4.13. The Hall–Kier alpha value is -0.820. The van der Waals surface area contributed by atoms with Crippen LogP contribution in [0, 0.1) is 5.92 Å². The minimum atomic E-state index is -4.64. The molecule has 1 saturated heterocycles. The maximum absolute atomic E-state index is 12.7. The Kier molecular flexibility index (Phi) is 5.37. The van der Waals surface area contributed by atoms with Gasteiger partial charge in [0.05, 0.1) is 6.10 Å². The van der Waals surface area contributed by atoms with E-state index in [2.05, 4.69) is 6.92 Å². The predicted octanol–water partition coefficient (Wildman–Crippen LogP) is 2.50. The highest BCUT2D eigenvalue weighted by Gasteiger charge is 2.54. The average molecular weight is 323 g/mol. The van der Waals surface area contributed by atoms with Crippen LogP contribution < -0.4 is 0 Å². The van der Waals surface area contributed by atoms with Crippen LogP contribution in [0.15, 0.2) is 0 Å². The Morgan fingerprint density at radius 3 is 2.50 bits per heavy atom. The summed E-state index contributed by atoms with van der Waals surface area (Å²) in [5.41, 5.74) is -2.66. The van der Waals surface area contributed by atoms with E-state index in [-0.39, 0.29) is 31.7 Å². The molecule has 2 rings (SSSR count). The molecule has 0 aromatic rings. The molecule has 1 saturated carbocycles. The molecule has 128 valence electrons. The van der Waals surface area contributed by atoms with E-state index in [1.807, 2.05) is 0 Å². The number of aliphatic hydroxyl groups is 1. The number of carbonyl (C=O) groups excluding carboxylic acids is 1. The van der Waals surface area contributed by atoms with E-state index >= 15 is 0 Å². The number of nitrogens with zero attached hydrogens (tertiary/aromatic N) is 1. The normalized spacial score (nSPS) is 29.4. The molecule has 0 bridgehead atoms. The summed E-state index contributed by atoms with van der Waals surface area (Å²) in [6.07, 6.45) is -1.38. The third-order valence-electron chi connectivity index (χ3n) is 4.80. The molecule has 0 spiro atoms. The van der Waals surface area contributed by atoms with Gasteiger partial charge in [0.2, 0.25) is 5.91 Å². The van der Waals surface area contributed by atoms with Gasteiger partial charge in [0.25, 0.3) is 0 Å². The van der Waals surface area contributed by atoms with Crippen LogP contribution in [-0.2, 0) is 9.53 Å². The number of rotatable bonds is 3. The second-order valence-electron chi connectivity index (χ2n) is 6.61. The molecule has 2 aliphatic rings. The Bertz CT molecular complexity index is 392. The van der Waals surface area contributed by atoms with Gasteiger partial charge in [-0.05, 0) is 18.8 Å². The SMILES string of the molecule is CC1CCCC(OCC(=O)N2CCC(O)(C(F)(F)F)CC2)C1. The number of carbonyl (C=O) groups is 1. The second kappa shape index (κ2) is 6.74. The van der Waals surface area contributed by atoms with Crippen LogP contribution in [-0.4, -0.2) is 53.5 Å². The van der Waals surface area contributed by atoms with E-state index in [0.29, 0.717) is 5.92 Å². The van der Waals surface area contributed by atoms with Crippen molar-refractivity contribution in [3.05, 3.63) is 0 Å². The molecule has 1 aliphatic carbocycles. The van der Waals surface area contributed by atoms with Crippen LogP contribution in [0.3, 0.4) is 0 Å². The number of hydrogen-bond donors (Lipinski definition) is 1. The zero-order valence-electron chi connectivity index (χ0n) is 12.9. The first-order valence-corrected chi connectivity index (χ1v) is 7.90. The maximum Gasteiger partial charge on any atom is 0.417 e. The number of alkyl halides is 3. The molecule has 1 N–H and O–H groups in total. The number of ether oxygens (including phenoxy) is 1. The molecule has 22 heavy (non-hydrogen) atoms. The molecule has 0 aromatic carbocycles. The van der Waals surface area contributed by atoms with Crippen molar-refractivity contribution in [3.8, 4) is 0 Å². The van der Waals surface area contributed by atoms with Crippen LogP contribution in [0.2, 0.25) is 0 Å². The fraction of sp³-hybridized carbons (Fsp3) is 0.933. The number of halogens is 3. The fourth-order valence-corrected chi connectivity index (χ4v) is 3.22. The molecule has 4 nitrogen and oxygen atoms in total. The largest absolute Gasteiger partial charge is 0.417 e. The van der Waals surface area contributed by atoms with Crippen molar-refractivity contribution in [2.75, 3.05) is 19.7 Å². The lowest BCUT2D eigenvalue weighted by Crippen LogP contribution is -2.54. The van der Waals surface area contributed by atoms with Gasteiger partial charge in [-0.1, -0.05) is 19.8 Å². The first-order chi connectivity index (χ1) is 10.2. The molecule has 0 aromatic heterocycles. The number of amides is 1. The monoisotopic (exact) mass is 323 g/mol. The summed E-state index contributed by atoms with van der Waals surface area (Å²) >= 11 is 0. The molecular formula is C15H24F3NO3. The van der Waals surface area contributed by atoms with Crippen LogP contribution in [0.25, 0.3) is 0 Å². The quantitative estimate of drug-likeness (QED) is 0.868. The van der Waals surface area contributed by atoms with E-state index < -0.39 is 24.6 Å². The van der Waals surface area contributed by atoms with Gasteiger partial charge in [0, 0.05) is 25.9 Å². The van der Waals surface area contributed by atoms with E-state index in [0.717, 1.165) is 19.3 Å². The van der Waals surface area contributed by atoms with Gasteiger partial charge in [-0.25, -0.2) is 0 Å². The molecular weight excluding hydrogens is 299 g/mol. The van der Waals surface area contributed by atoms with Crippen molar-refractivity contribution in [3.63, 3.8) is 0 Å². The van der Waals surface area contributed by atoms with Crippen molar-refractivity contribution in [1.82, 2.24) is 4.90 Å². The Morgan fingerprint density at radius 2 is 1.95 bits per heavy atom. The second-order valence-corrected chi connectivity index (χ2v) is 6.61. The van der Waals surface area contributed by atoms with Gasteiger partial charge in [0.15, 0.2) is 5.60 Å². The molecule has 2 atom stereocenters. The van der Waals surface area contributed by atoms with Gasteiger partial charge >= 0.3 is 6.18 Å². The standard InChI is InChI=1S/C15H24F3NO3/c1-11-3-2-4-12(9-11)22-10-13(20)19-7-5-14(21,6-8-19)15(16,17)18/h11-12,21H,2-10H2,1H3. The van der Waals surface area contributed by atoms with Crippen molar-refractivity contribution in [1.29, 1.82) is 0 Å². The van der Waals surface area contributed by atoms with Crippen LogP contribution in [0.5, 0.6) is 0 Å². The zero-order chi connectivity index (χ0) is 16.4. The predicted molar refractivity (Wildman–Crippen MR) is 74.2 cm³/mol. The zero-order valence-corrected chi connectivity index (χ0v) is 12.9. The summed E-state index contributed by atoms with van der Waals surface area (Å²) < 4.78 is 43.7. The topological polar surface area (TPSA) is 49.8 Å². The minimum absolute atomic E-state index is 0.0737. The Labute approximate surface area is 128 Å². The molecule has 2 fully saturated rings. The molecule has 1 amide bonds. The van der Waals surface area contributed by atoms with Gasteiger partial charge < -0.3 is 14.7 Å². The number of piperidine rings is 1. The van der Waals surface area contributed by atoms with E-state index in [4.69, 9.17) is 4.74 Å². The van der Waals surface area contributed by atoms with Gasteiger partial charge in [-0.2, -0.15) is 13.2 Å². The van der Waals surface area contributed by atoms with Crippen LogP contribution in [0.1, 0.15) is 45.4 Å². The van der Waals surface area contributed by atoms with E-state index in [1.54, 1.807) is 0 Å². The molecule has 1 aliphatic heterocycles. The molecule has 2 unspecified atom stereocenters. The van der Waals surface area contributed by atoms with Crippen molar-refractivity contribution in [2.24, 2.45) is 5.92 Å². The van der Waals surface area contributed by atoms with Crippen molar-refractivity contribution >= 4 is 5.91 Å². The molecule has 1 heterocycles. The smallest absolute Gasteiger partial charge is 0.380 e. The average Bonchev–Trinajstić information content (AvgIpc) is 2.44. The minimum Gasteiger partial charge on any atom is -0.380 e. The summed E-state index contributed by atoms with van der Waals surface area (Å²) in [6, 6.07) is 0. The molecule has 7 heteroatoms. The fourth-order valence-electron chi connectivity index (χ4n) is 3.22. The number of hydrogen-bond acceptors (Lipinski definition) is 3. The summed E-state index contributed by atoms with van der Waals surface area (Å²) in [7, 11) is 0. The van der Waals surface area contributed by atoms with Crippen molar-refractivity contribution < 1.29 is 27.8 Å². The summed E-state index contributed by atoms with van der Waals surface area (Å²) in [5.74, 6) is 0.299. The first-order valence-electron chi connectivity index (χ1n) is 7.90. The van der Waals surface area contributed by atoms with Crippen LogP contribution in [0.4, 0.5) is 13.2 Å². The van der Waals surface area contributed by atoms with E-state index in [9.17, 15) is 23.1 Å². The van der Waals surface area contributed by atoms with Crippen molar-refractivity contribution in [2.45, 2.75) is 63.3 Å². The summed E-state index contributed by atoms with van der Waals surface area (Å²) in [6.45, 7) is 1.90.